The van der Waals surface area contributed by atoms with Crippen molar-refractivity contribution in [3.8, 4) is 5.75 Å². The van der Waals surface area contributed by atoms with Gasteiger partial charge in [0.1, 0.15) is 0 Å². The van der Waals surface area contributed by atoms with Crippen molar-refractivity contribution < 1.29 is 13.9 Å². The second-order valence-corrected chi connectivity index (χ2v) is 5.62. The zero-order valence-corrected chi connectivity index (χ0v) is 13.2. The monoisotopic (exact) mass is 308 g/mol. The number of halogens is 1. The van der Waals surface area contributed by atoms with E-state index in [4.69, 9.17) is 4.74 Å². The molecule has 0 spiro atoms. The first kappa shape index (κ1) is 16.7. The van der Waals surface area contributed by atoms with Gasteiger partial charge in [0.25, 0.3) is 0 Å². The van der Waals surface area contributed by atoms with E-state index >= 15 is 0 Å². The molecule has 1 N–H and O–H groups in total. The van der Waals surface area contributed by atoms with Gasteiger partial charge in [0.2, 0.25) is 5.91 Å². The molecule has 1 heterocycles. The number of hydrogen-bond acceptors (Lipinski definition) is 3. The summed E-state index contributed by atoms with van der Waals surface area (Å²) >= 11 is 0. The fourth-order valence-electron chi connectivity index (χ4n) is 2.77. The fourth-order valence-corrected chi connectivity index (χ4v) is 2.77. The van der Waals surface area contributed by atoms with Gasteiger partial charge >= 0.3 is 0 Å². The summed E-state index contributed by atoms with van der Waals surface area (Å²) in [6.07, 6.45) is 3.05. The van der Waals surface area contributed by atoms with Gasteiger partial charge in [-0.3, -0.25) is 4.79 Å². The Morgan fingerprint density at radius 1 is 1.45 bits per heavy atom. The molecule has 1 aromatic carbocycles. The van der Waals surface area contributed by atoms with Crippen LogP contribution in [0.15, 0.2) is 24.3 Å². The minimum atomic E-state index is -0.363. The smallest absolute Gasteiger partial charge is 0.222 e. The largest absolute Gasteiger partial charge is 0.491 e. The lowest BCUT2D eigenvalue weighted by molar-refractivity contribution is -0.133. The highest BCUT2D eigenvalue weighted by molar-refractivity contribution is 5.76. The molecular formula is C17H25FN2O2. The van der Waals surface area contributed by atoms with Gasteiger partial charge in [-0.05, 0) is 37.9 Å². The second-order valence-electron chi connectivity index (χ2n) is 5.62. The molecule has 1 fully saturated rings. The topological polar surface area (TPSA) is 41.6 Å². The lowest BCUT2D eigenvalue weighted by Crippen LogP contribution is -2.42. The molecule has 1 saturated heterocycles. The number of carbonyl (C=O) groups is 1. The van der Waals surface area contributed by atoms with Crippen LogP contribution >= 0.6 is 0 Å². The van der Waals surface area contributed by atoms with Gasteiger partial charge in [0.15, 0.2) is 11.6 Å². The van der Waals surface area contributed by atoms with Crippen LogP contribution in [0.2, 0.25) is 0 Å². The lowest BCUT2D eigenvalue weighted by atomic mass is 10.1. The summed E-state index contributed by atoms with van der Waals surface area (Å²) in [6.45, 7) is 5.12. The third-order valence-corrected chi connectivity index (χ3v) is 3.89. The number of rotatable bonds is 8. The summed E-state index contributed by atoms with van der Waals surface area (Å²) in [7, 11) is 0. The van der Waals surface area contributed by atoms with Crippen LogP contribution in [0.3, 0.4) is 0 Å². The van der Waals surface area contributed by atoms with Gasteiger partial charge in [-0.25, -0.2) is 4.39 Å². The molecule has 0 aromatic heterocycles. The third-order valence-electron chi connectivity index (χ3n) is 3.89. The number of nitrogens with one attached hydrogen (secondary N) is 1. The van der Waals surface area contributed by atoms with Crippen molar-refractivity contribution in [3.05, 3.63) is 30.1 Å². The van der Waals surface area contributed by atoms with Gasteiger partial charge in [0.05, 0.1) is 6.61 Å². The van der Waals surface area contributed by atoms with E-state index in [1.165, 1.54) is 6.07 Å². The molecule has 122 valence electrons. The summed E-state index contributed by atoms with van der Waals surface area (Å²) in [4.78, 5) is 14.4. The Labute approximate surface area is 131 Å². The summed E-state index contributed by atoms with van der Waals surface area (Å²) < 4.78 is 18.8. The number of para-hydroxylation sites is 1. The Kier molecular flexibility index (Phi) is 6.65. The molecule has 0 saturated carbocycles. The first-order valence-corrected chi connectivity index (χ1v) is 8.10. The summed E-state index contributed by atoms with van der Waals surface area (Å²) in [6, 6.07) is 6.66. The first-order valence-electron chi connectivity index (χ1n) is 8.10. The molecule has 1 aromatic rings. The Bertz CT molecular complexity index is 475. The number of nitrogens with zero attached hydrogens (tertiary/aromatic N) is 1. The molecule has 1 aliphatic heterocycles. The van der Waals surface area contributed by atoms with Crippen molar-refractivity contribution in [2.24, 2.45) is 0 Å². The minimum Gasteiger partial charge on any atom is -0.491 e. The maximum Gasteiger partial charge on any atom is 0.222 e. The van der Waals surface area contributed by atoms with Crippen molar-refractivity contribution in [3.63, 3.8) is 0 Å². The zero-order valence-electron chi connectivity index (χ0n) is 13.2. The molecule has 22 heavy (non-hydrogen) atoms. The van der Waals surface area contributed by atoms with Gasteiger partial charge in [-0.2, -0.15) is 0 Å². The molecule has 1 atom stereocenters. The normalized spacial score (nSPS) is 17.5. The van der Waals surface area contributed by atoms with Crippen LogP contribution in [-0.2, 0) is 4.79 Å². The minimum absolute atomic E-state index is 0.174. The number of benzene rings is 1. The van der Waals surface area contributed by atoms with E-state index in [1.807, 2.05) is 4.90 Å². The van der Waals surface area contributed by atoms with Gasteiger partial charge in [-0.15, -0.1) is 0 Å². The number of ether oxygens (including phenoxy) is 1. The predicted octanol–water partition coefficient (Wildman–Crippen LogP) is 2.59. The quantitative estimate of drug-likeness (QED) is 0.751. The Balaban J connectivity index is 1.74. The van der Waals surface area contributed by atoms with E-state index in [0.717, 1.165) is 32.5 Å². The third kappa shape index (κ3) is 4.70. The average molecular weight is 308 g/mol. The lowest BCUT2D eigenvalue weighted by Gasteiger charge is -2.28. The summed E-state index contributed by atoms with van der Waals surface area (Å²) in [5.74, 6) is 0.0616. The Hall–Kier alpha value is -1.62. The van der Waals surface area contributed by atoms with Crippen LogP contribution in [0.5, 0.6) is 5.75 Å². The van der Waals surface area contributed by atoms with E-state index in [-0.39, 0.29) is 17.5 Å². The maximum absolute atomic E-state index is 13.4. The van der Waals surface area contributed by atoms with E-state index < -0.39 is 0 Å². The second kappa shape index (κ2) is 8.73. The van der Waals surface area contributed by atoms with E-state index in [9.17, 15) is 9.18 Å². The van der Waals surface area contributed by atoms with E-state index in [2.05, 4.69) is 12.2 Å². The standard InChI is InChI=1S/C17H25FN2O2/c1-2-11-20(14-9-10-19-13-14)17(21)8-5-12-22-16-7-4-3-6-15(16)18/h3-4,6-7,14,19H,2,5,8-13H2,1H3. The first-order chi connectivity index (χ1) is 10.7. The van der Waals surface area contributed by atoms with Crippen molar-refractivity contribution in [2.75, 3.05) is 26.2 Å². The molecule has 5 heteroatoms. The molecule has 1 amide bonds. The fraction of sp³-hybridized carbons (Fsp3) is 0.588. The van der Waals surface area contributed by atoms with Crippen molar-refractivity contribution in [1.29, 1.82) is 0 Å². The highest BCUT2D eigenvalue weighted by Gasteiger charge is 2.25. The van der Waals surface area contributed by atoms with Crippen LogP contribution in [0.25, 0.3) is 0 Å². The van der Waals surface area contributed by atoms with Crippen LogP contribution in [0.1, 0.15) is 32.6 Å². The molecular weight excluding hydrogens is 283 g/mol. The molecule has 1 aliphatic rings. The number of amides is 1. The van der Waals surface area contributed by atoms with E-state index in [0.29, 0.717) is 25.5 Å². The number of hydrogen-bond donors (Lipinski definition) is 1. The van der Waals surface area contributed by atoms with Crippen LogP contribution < -0.4 is 10.1 Å². The zero-order chi connectivity index (χ0) is 15.8. The van der Waals surface area contributed by atoms with Crippen LogP contribution in [0.4, 0.5) is 4.39 Å². The maximum atomic E-state index is 13.4. The van der Waals surface area contributed by atoms with Crippen molar-refractivity contribution in [2.45, 2.75) is 38.6 Å². The van der Waals surface area contributed by atoms with Crippen LogP contribution in [0, 0.1) is 5.82 Å². The molecule has 2 rings (SSSR count). The molecule has 4 nitrogen and oxygen atoms in total. The summed E-state index contributed by atoms with van der Waals surface area (Å²) in [5, 5.41) is 3.30. The highest BCUT2D eigenvalue weighted by atomic mass is 19.1. The van der Waals surface area contributed by atoms with Crippen molar-refractivity contribution in [1.82, 2.24) is 10.2 Å². The summed E-state index contributed by atoms with van der Waals surface area (Å²) in [5.41, 5.74) is 0. The molecule has 1 unspecified atom stereocenters. The van der Waals surface area contributed by atoms with Gasteiger partial charge < -0.3 is 15.0 Å². The molecule has 0 bridgehead atoms. The highest BCUT2D eigenvalue weighted by Crippen LogP contribution is 2.16. The molecule has 0 aliphatic carbocycles. The van der Waals surface area contributed by atoms with Gasteiger partial charge in [0, 0.05) is 25.6 Å². The van der Waals surface area contributed by atoms with Crippen LogP contribution in [-0.4, -0.2) is 43.1 Å². The molecule has 0 radical (unpaired) electrons. The average Bonchev–Trinajstić information content (AvgIpc) is 3.04. The number of carbonyl (C=O) groups excluding carboxylic acids is 1. The Morgan fingerprint density at radius 2 is 2.27 bits per heavy atom. The Morgan fingerprint density at radius 3 is 2.95 bits per heavy atom. The predicted molar refractivity (Wildman–Crippen MR) is 84.4 cm³/mol. The van der Waals surface area contributed by atoms with Gasteiger partial charge in [-0.1, -0.05) is 19.1 Å². The van der Waals surface area contributed by atoms with Crippen molar-refractivity contribution >= 4 is 5.91 Å². The SMILES string of the molecule is CCCN(C(=O)CCCOc1ccccc1F)C1CCNC1. The van der Waals surface area contributed by atoms with E-state index in [1.54, 1.807) is 18.2 Å².